The number of fused-ring (bicyclic) bond motifs is 6. The molecule has 0 spiro atoms. The molecule has 20 heteroatoms. The van der Waals surface area contributed by atoms with Gasteiger partial charge in [-0.25, -0.2) is 17.6 Å². The number of aromatic hydroxyl groups is 2. The Bertz CT molecular complexity index is 4210. The lowest BCUT2D eigenvalue weighted by Gasteiger charge is -2.44. The number of nitrogens with zero attached hydrogens (tertiary/aromatic N) is 9. The lowest BCUT2D eigenvalue weighted by atomic mass is 9.66. The normalized spacial score (nSPS) is 25.8. The van der Waals surface area contributed by atoms with Crippen LogP contribution in [0.2, 0.25) is 0 Å². The highest BCUT2D eigenvalue weighted by atomic mass is 19.1. The smallest absolute Gasteiger partial charge is 0.319 e. The van der Waals surface area contributed by atoms with Crippen molar-refractivity contribution in [1.29, 1.82) is 0 Å². The Labute approximate surface area is 513 Å². The van der Waals surface area contributed by atoms with Crippen LogP contribution in [0.15, 0.2) is 48.7 Å². The largest absolute Gasteiger partial charge is 0.508 e. The van der Waals surface area contributed by atoms with Crippen molar-refractivity contribution in [2.24, 2.45) is 16.7 Å². The monoisotopic (exact) mass is 1210 g/mol. The molecule has 4 saturated heterocycles. The average Bonchev–Trinajstić information content (AvgIpc) is 1.15. The number of piperidine rings is 1. The molecule has 0 bridgehead atoms. The van der Waals surface area contributed by atoms with Gasteiger partial charge in [0.05, 0.1) is 54.8 Å². The molecule has 5 aliphatic heterocycles. The van der Waals surface area contributed by atoms with Gasteiger partial charge in [-0.15, -0.1) is 12.8 Å². The van der Waals surface area contributed by atoms with Crippen LogP contribution in [-0.4, -0.2) is 150 Å². The fraction of sp³-hybridized carbons (Fsp3) is 0.464. The number of hydrogen-bond acceptors (Lipinski definition) is 16. The van der Waals surface area contributed by atoms with Crippen molar-refractivity contribution in [1.82, 2.24) is 40.0 Å². The fourth-order valence-corrected chi connectivity index (χ4v) is 16.2. The number of halogens is 4. The summed E-state index contributed by atoms with van der Waals surface area (Å²) in [7, 11) is 4.23. The van der Waals surface area contributed by atoms with Crippen LogP contribution < -0.4 is 35.2 Å². The van der Waals surface area contributed by atoms with Gasteiger partial charge in [0.15, 0.2) is 11.6 Å². The van der Waals surface area contributed by atoms with Crippen LogP contribution in [-0.2, 0) is 9.47 Å². The van der Waals surface area contributed by atoms with Gasteiger partial charge in [0.2, 0.25) is 0 Å². The number of pyridine rings is 1. The highest BCUT2D eigenvalue weighted by molar-refractivity contribution is 6.03. The summed E-state index contributed by atoms with van der Waals surface area (Å²) < 4.78 is 93.4. The van der Waals surface area contributed by atoms with Crippen LogP contribution in [0.1, 0.15) is 105 Å². The topological polar surface area (TPSA) is 167 Å². The minimum atomic E-state index is -1.22. The van der Waals surface area contributed by atoms with Crippen LogP contribution in [0.4, 0.5) is 29.2 Å². The summed E-state index contributed by atoms with van der Waals surface area (Å²) in [6.07, 6.45) is 23.8. The zero-order valence-corrected chi connectivity index (χ0v) is 50.4. The molecular weight excluding hydrogens is 1140 g/mol. The third-order valence-corrected chi connectivity index (χ3v) is 20.5. The van der Waals surface area contributed by atoms with E-state index in [0.29, 0.717) is 135 Å². The van der Waals surface area contributed by atoms with E-state index in [2.05, 4.69) is 50.8 Å². The number of ether oxygens (including phenoxy) is 4. The molecule has 7 atom stereocenters. The predicted octanol–water partition coefficient (Wildman–Crippen LogP) is 9.12. The Morgan fingerprint density at radius 1 is 0.708 bits per heavy atom. The number of phenols is 2. The molecule has 8 heterocycles. The van der Waals surface area contributed by atoms with Crippen molar-refractivity contribution in [3.8, 4) is 59.5 Å². The van der Waals surface area contributed by atoms with Gasteiger partial charge >= 0.3 is 12.0 Å². The first-order chi connectivity index (χ1) is 43.1. The molecule has 3 aromatic heterocycles. The van der Waals surface area contributed by atoms with Gasteiger partial charge in [-0.05, 0) is 155 Å². The van der Waals surface area contributed by atoms with Gasteiger partial charge in [0.25, 0.3) is 0 Å². The maximum absolute atomic E-state index is 17.9. The number of nitrogens with one attached hydrogen (secondary N) is 1. The van der Waals surface area contributed by atoms with Gasteiger partial charge in [-0.3, -0.25) is 4.98 Å². The summed E-state index contributed by atoms with van der Waals surface area (Å²) in [5, 5.41) is 27.8. The maximum atomic E-state index is 17.9. The number of hydrogen-bond donors (Lipinski definition) is 3. The van der Waals surface area contributed by atoms with E-state index in [9.17, 15) is 10.2 Å². The molecule has 0 radical (unpaired) electrons. The first-order valence-electron chi connectivity index (χ1n) is 31.2. The number of benzene rings is 4. The van der Waals surface area contributed by atoms with Crippen molar-refractivity contribution < 1.29 is 46.7 Å². The van der Waals surface area contributed by atoms with Crippen molar-refractivity contribution >= 4 is 56.1 Å². The van der Waals surface area contributed by atoms with Crippen LogP contribution in [0, 0.1) is 58.9 Å². The fourth-order valence-electron chi connectivity index (χ4n) is 16.2. The molecule has 7 aromatic rings. The van der Waals surface area contributed by atoms with Crippen molar-refractivity contribution in [2.45, 2.75) is 95.2 Å². The highest BCUT2D eigenvalue weighted by Crippen LogP contribution is 2.53. The molecule has 2 aliphatic carbocycles. The summed E-state index contributed by atoms with van der Waals surface area (Å²) in [6, 6.07) is 9.25. The minimum Gasteiger partial charge on any atom is -0.508 e. The first kappa shape index (κ1) is 58.7. The second kappa shape index (κ2) is 23.4. The van der Waals surface area contributed by atoms with E-state index in [4.69, 9.17) is 51.7 Å². The van der Waals surface area contributed by atoms with E-state index in [0.717, 1.165) is 51.6 Å². The third kappa shape index (κ3) is 10.3. The molecule has 2 saturated carbocycles. The van der Waals surface area contributed by atoms with E-state index in [1.165, 1.54) is 36.5 Å². The van der Waals surface area contributed by atoms with Gasteiger partial charge in [-0.2, -0.15) is 19.9 Å². The van der Waals surface area contributed by atoms with E-state index in [1.54, 1.807) is 18.3 Å². The van der Waals surface area contributed by atoms with Crippen molar-refractivity contribution in [3.63, 3.8) is 0 Å². The summed E-state index contributed by atoms with van der Waals surface area (Å²) in [5.41, 5.74) is -0.162. The third-order valence-electron chi connectivity index (χ3n) is 20.5. The second-order valence-electron chi connectivity index (χ2n) is 25.9. The molecule has 5 unspecified atom stereocenters. The molecule has 16 nitrogen and oxygen atoms in total. The Balaban J connectivity index is 0.780. The molecule has 3 N–H and O–H groups in total. The molecule has 7 aliphatic rings. The molecule has 89 heavy (non-hydrogen) atoms. The predicted molar refractivity (Wildman–Crippen MR) is 332 cm³/mol. The zero-order chi connectivity index (χ0) is 61.5. The first-order valence-corrected chi connectivity index (χ1v) is 31.2. The van der Waals surface area contributed by atoms with E-state index >= 15 is 17.6 Å². The highest BCUT2D eigenvalue weighted by Gasteiger charge is 2.51. The number of terminal acetylenes is 2. The lowest BCUT2D eigenvalue weighted by Crippen LogP contribution is -2.50. The Morgan fingerprint density at radius 2 is 1.45 bits per heavy atom. The molecule has 462 valence electrons. The molecule has 4 aromatic carbocycles. The van der Waals surface area contributed by atoms with E-state index in [-0.39, 0.29) is 97.6 Å². The van der Waals surface area contributed by atoms with E-state index < -0.39 is 34.7 Å². The van der Waals surface area contributed by atoms with Gasteiger partial charge < -0.3 is 54.1 Å². The number of anilines is 2. The molecule has 6 fully saturated rings. The summed E-state index contributed by atoms with van der Waals surface area (Å²) in [5.74, 6) is 2.79. The number of likely N-dealkylation sites (tertiary alicyclic amines) is 2. The van der Waals surface area contributed by atoms with Crippen LogP contribution in [0.5, 0.6) is 23.5 Å². The van der Waals surface area contributed by atoms with Gasteiger partial charge in [-0.1, -0.05) is 31.3 Å². The maximum Gasteiger partial charge on any atom is 0.319 e. The van der Waals surface area contributed by atoms with Crippen LogP contribution in [0.25, 0.3) is 55.7 Å². The summed E-state index contributed by atoms with van der Waals surface area (Å²) >= 11 is 0. The molecule has 0 amide bonds. The van der Waals surface area contributed by atoms with E-state index in [1.807, 2.05) is 11.9 Å². The van der Waals surface area contributed by atoms with Crippen LogP contribution >= 0.6 is 0 Å². The molecular formula is C69H72F4N10O6. The Hall–Kier alpha value is -8.01. The summed E-state index contributed by atoms with van der Waals surface area (Å²) in [6.45, 7) is 8.64. The molecule has 14 rings (SSSR count). The Morgan fingerprint density at radius 3 is 2.28 bits per heavy atom. The standard InChI is InChI=1S/C69H72F4N10O6/c1-6-45-52(70)13-12-41-27-43(84)31-48(55(41)45)60-58(72)62-50(33-74-60)64(82-20-10-24-86-25-22-82)78-66(76-62)89-38-69-17-14-40(30-54(69)81(5)21-18-69)47-29-42-28-44(85)32-49(56(42)46(7-2)57(47)71)61-59(73)63-51(34-75-61)65(83-23-26-87-36-39(3)35-83)79-67(77-63)88-37-68-15-8-11-53(68)80(4)19-9-16-68/h1-2,12-13,27-29,31-34,39-40,53-54,61,75,84-85H,8-11,14-26,30,35-38H2,3-5H3/t39?,40?,53-,54?,61?,68-,69?/m1/s1. The van der Waals surface area contributed by atoms with Crippen LogP contribution in [0.3, 0.4) is 0 Å². The summed E-state index contributed by atoms with van der Waals surface area (Å²) in [4.78, 5) is 32.9. The quantitative estimate of drug-likeness (QED) is 0.0828. The second-order valence-corrected chi connectivity index (χ2v) is 25.9. The number of phenolic OH excluding ortho intramolecular Hbond substituents is 2. The van der Waals surface area contributed by atoms with Gasteiger partial charge in [0, 0.05) is 84.4 Å². The van der Waals surface area contributed by atoms with Gasteiger partial charge in [0.1, 0.15) is 57.4 Å². The van der Waals surface area contributed by atoms with Crippen molar-refractivity contribution in [2.75, 3.05) is 103 Å². The van der Waals surface area contributed by atoms with Crippen molar-refractivity contribution in [3.05, 3.63) is 98.9 Å². The minimum absolute atomic E-state index is 0.0339. The number of rotatable bonds is 11. The lowest BCUT2D eigenvalue weighted by molar-refractivity contribution is 0.0131. The number of aromatic nitrogens is 5. The average molecular weight is 1210 g/mol. The Kier molecular flexibility index (Phi) is 15.4. The zero-order valence-electron chi connectivity index (χ0n) is 50.4. The SMILES string of the molecule is C#Cc1c(F)ccc2cc(O)cc(-c3ncc4c(N5CCCOCC5)nc(OCC56CCC(c7cc8cc(O)cc(C9NC=c%10c(N%11CCOCC(C)C%11)nc(OC[C@]%11%12CCC[C@H]%11N(C)CCC%12)nc%10=C9F)c8c(C#C)c7F)CC5N(C)CC6)nc4c3F)c12.